The standard InChI is InChI=1S/C17H19FO4S/c1-13(10-19)23(20,21)12-15-4-8-17(9-5-15)22-11-14-2-6-16(18)7-3-14/h2-9,13,19H,10-12H2,1H3. The Kier molecular flexibility index (Phi) is 5.74. The van der Waals surface area contributed by atoms with Gasteiger partial charge in [0.05, 0.1) is 17.6 Å². The van der Waals surface area contributed by atoms with Crippen LogP contribution in [0.2, 0.25) is 0 Å². The van der Waals surface area contributed by atoms with Crippen LogP contribution in [0.3, 0.4) is 0 Å². The van der Waals surface area contributed by atoms with Gasteiger partial charge in [-0.3, -0.25) is 0 Å². The minimum atomic E-state index is -3.36. The number of halogens is 1. The van der Waals surface area contributed by atoms with Gasteiger partial charge in [-0.25, -0.2) is 12.8 Å². The molecule has 0 heterocycles. The molecule has 0 aliphatic carbocycles. The molecule has 0 aliphatic heterocycles. The third-order valence-corrected chi connectivity index (χ3v) is 5.59. The molecule has 1 unspecified atom stereocenters. The summed E-state index contributed by atoms with van der Waals surface area (Å²) in [6, 6.07) is 12.8. The topological polar surface area (TPSA) is 63.6 Å². The van der Waals surface area contributed by atoms with Crippen molar-refractivity contribution in [1.82, 2.24) is 0 Å². The van der Waals surface area contributed by atoms with E-state index in [9.17, 15) is 12.8 Å². The molecule has 1 N–H and O–H groups in total. The summed E-state index contributed by atoms with van der Waals surface area (Å²) in [4.78, 5) is 0. The summed E-state index contributed by atoms with van der Waals surface area (Å²) in [6.07, 6.45) is 0. The predicted octanol–water partition coefficient (Wildman–Crippen LogP) is 2.70. The van der Waals surface area contributed by atoms with Crippen LogP contribution in [0.5, 0.6) is 5.75 Å². The van der Waals surface area contributed by atoms with E-state index in [0.717, 1.165) is 5.56 Å². The van der Waals surface area contributed by atoms with E-state index in [1.54, 1.807) is 36.4 Å². The van der Waals surface area contributed by atoms with Crippen LogP contribution < -0.4 is 4.74 Å². The Bertz CT molecular complexity index is 724. The molecular formula is C17H19FO4S. The number of aliphatic hydroxyl groups excluding tert-OH is 1. The maximum absolute atomic E-state index is 12.8. The second-order valence-electron chi connectivity index (χ2n) is 5.36. The van der Waals surface area contributed by atoms with E-state index in [-0.39, 0.29) is 18.2 Å². The Morgan fingerprint density at radius 2 is 1.61 bits per heavy atom. The number of benzene rings is 2. The largest absolute Gasteiger partial charge is 0.489 e. The van der Waals surface area contributed by atoms with Gasteiger partial charge in [-0.2, -0.15) is 0 Å². The Labute approximate surface area is 135 Å². The van der Waals surface area contributed by atoms with Gasteiger partial charge in [0, 0.05) is 0 Å². The highest BCUT2D eigenvalue weighted by molar-refractivity contribution is 7.91. The third kappa shape index (κ3) is 5.04. The molecule has 2 aromatic rings. The van der Waals surface area contributed by atoms with Crippen molar-refractivity contribution >= 4 is 9.84 Å². The minimum absolute atomic E-state index is 0.118. The monoisotopic (exact) mass is 338 g/mol. The first-order chi connectivity index (χ1) is 10.9. The quantitative estimate of drug-likeness (QED) is 0.843. The first-order valence-corrected chi connectivity index (χ1v) is 8.91. The SMILES string of the molecule is CC(CO)S(=O)(=O)Cc1ccc(OCc2ccc(F)cc2)cc1. The number of hydrogen-bond donors (Lipinski definition) is 1. The van der Waals surface area contributed by atoms with Crippen molar-refractivity contribution in [2.75, 3.05) is 6.61 Å². The molecule has 0 radical (unpaired) electrons. The Morgan fingerprint density at radius 3 is 2.17 bits per heavy atom. The van der Waals surface area contributed by atoms with Crippen LogP contribution >= 0.6 is 0 Å². The van der Waals surface area contributed by atoms with E-state index in [1.165, 1.54) is 19.1 Å². The molecular weight excluding hydrogens is 319 g/mol. The summed E-state index contributed by atoms with van der Waals surface area (Å²) in [5.74, 6) is 0.189. The van der Waals surface area contributed by atoms with Gasteiger partial charge < -0.3 is 9.84 Å². The second kappa shape index (κ2) is 7.57. The molecule has 0 aliphatic rings. The fraction of sp³-hybridized carbons (Fsp3) is 0.294. The zero-order valence-electron chi connectivity index (χ0n) is 12.8. The van der Waals surface area contributed by atoms with Gasteiger partial charge in [0.1, 0.15) is 18.2 Å². The Balaban J connectivity index is 1.95. The first-order valence-electron chi connectivity index (χ1n) is 7.19. The van der Waals surface area contributed by atoms with E-state index in [1.807, 2.05) is 0 Å². The lowest BCUT2D eigenvalue weighted by atomic mass is 10.2. The fourth-order valence-corrected chi connectivity index (χ4v) is 3.09. The molecule has 6 heteroatoms. The van der Waals surface area contributed by atoms with E-state index >= 15 is 0 Å². The van der Waals surface area contributed by atoms with Crippen molar-refractivity contribution < 1.29 is 22.7 Å². The molecule has 124 valence electrons. The summed E-state index contributed by atoms with van der Waals surface area (Å²) in [5, 5.41) is 8.18. The summed E-state index contributed by atoms with van der Waals surface area (Å²) in [5.41, 5.74) is 1.48. The Morgan fingerprint density at radius 1 is 1.04 bits per heavy atom. The van der Waals surface area contributed by atoms with E-state index in [4.69, 9.17) is 9.84 Å². The zero-order valence-corrected chi connectivity index (χ0v) is 13.6. The molecule has 0 fully saturated rings. The van der Waals surface area contributed by atoms with Crippen LogP contribution in [0.4, 0.5) is 4.39 Å². The number of hydrogen-bond acceptors (Lipinski definition) is 4. The molecule has 1 atom stereocenters. The molecule has 0 bridgehead atoms. The molecule has 0 aromatic heterocycles. The average Bonchev–Trinajstić information content (AvgIpc) is 2.54. The van der Waals surface area contributed by atoms with Crippen LogP contribution in [0.15, 0.2) is 48.5 Å². The lowest BCUT2D eigenvalue weighted by Gasteiger charge is -2.11. The summed E-state index contributed by atoms with van der Waals surface area (Å²) < 4.78 is 42.2. The molecule has 0 saturated heterocycles. The van der Waals surface area contributed by atoms with Crippen molar-refractivity contribution in [3.05, 3.63) is 65.5 Å². The van der Waals surface area contributed by atoms with Crippen LogP contribution in [0, 0.1) is 5.82 Å². The van der Waals surface area contributed by atoms with Crippen molar-refractivity contribution in [1.29, 1.82) is 0 Å². The number of sulfone groups is 1. The van der Waals surface area contributed by atoms with Gasteiger partial charge in [-0.15, -0.1) is 0 Å². The minimum Gasteiger partial charge on any atom is -0.489 e. The second-order valence-corrected chi connectivity index (χ2v) is 7.78. The molecule has 2 aromatic carbocycles. The summed E-state index contributed by atoms with van der Waals surface area (Å²) >= 11 is 0. The highest BCUT2D eigenvalue weighted by Crippen LogP contribution is 2.17. The summed E-state index contributed by atoms with van der Waals surface area (Å²) in [6.45, 7) is 1.40. The zero-order chi connectivity index (χ0) is 16.9. The van der Waals surface area contributed by atoms with E-state index in [0.29, 0.717) is 17.9 Å². The van der Waals surface area contributed by atoms with Gasteiger partial charge in [-0.05, 0) is 42.3 Å². The lowest BCUT2D eigenvalue weighted by Crippen LogP contribution is -2.23. The van der Waals surface area contributed by atoms with Crippen molar-refractivity contribution in [3.63, 3.8) is 0 Å². The Hall–Kier alpha value is -1.92. The highest BCUT2D eigenvalue weighted by atomic mass is 32.2. The first kappa shape index (κ1) is 17.4. The van der Waals surface area contributed by atoms with Gasteiger partial charge >= 0.3 is 0 Å². The van der Waals surface area contributed by atoms with Crippen molar-refractivity contribution in [2.45, 2.75) is 24.5 Å². The summed E-state index contributed by atoms with van der Waals surface area (Å²) in [7, 11) is -3.36. The number of aliphatic hydroxyl groups is 1. The fourth-order valence-electron chi connectivity index (χ4n) is 1.92. The van der Waals surface area contributed by atoms with E-state index in [2.05, 4.69) is 0 Å². The van der Waals surface area contributed by atoms with Crippen molar-refractivity contribution in [3.8, 4) is 5.75 Å². The highest BCUT2D eigenvalue weighted by Gasteiger charge is 2.20. The molecule has 4 nitrogen and oxygen atoms in total. The predicted molar refractivity (Wildman–Crippen MR) is 86.3 cm³/mol. The molecule has 0 saturated carbocycles. The average molecular weight is 338 g/mol. The van der Waals surface area contributed by atoms with Crippen LogP contribution in [0.25, 0.3) is 0 Å². The van der Waals surface area contributed by atoms with E-state index < -0.39 is 15.1 Å². The maximum atomic E-state index is 12.8. The molecule has 0 amide bonds. The molecule has 23 heavy (non-hydrogen) atoms. The third-order valence-electron chi connectivity index (χ3n) is 3.48. The van der Waals surface area contributed by atoms with Crippen LogP contribution in [-0.2, 0) is 22.2 Å². The molecule has 0 spiro atoms. The van der Waals surface area contributed by atoms with Gasteiger partial charge in [0.25, 0.3) is 0 Å². The lowest BCUT2D eigenvalue weighted by molar-refractivity contribution is 0.295. The molecule has 2 rings (SSSR count). The smallest absolute Gasteiger partial charge is 0.159 e. The van der Waals surface area contributed by atoms with Gasteiger partial charge in [0.2, 0.25) is 0 Å². The number of ether oxygens (including phenoxy) is 1. The normalized spacial score (nSPS) is 12.8. The van der Waals surface area contributed by atoms with Crippen LogP contribution in [0.1, 0.15) is 18.1 Å². The van der Waals surface area contributed by atoms with Crippen LogP contribution in [-0.4, -0.2) is 25.4 Å². The van der Waals surface area contributed by atoms with Gasteiger partial charge in [0.15, 0.2) is 9.84 Å². The van der Waals surface area contributed by atoms with Gasteiger partial charge in [-0.1, -0.05) is 24.3 Å². The number of rotatable bonds is 7. The maximum Gasteiger partial charge on any atom is 0.159 e. The van der Waals surface area contributed by atoms with Crippen molar-refractivity contribution in [2.24, 2.45) is 0 Å².